The van der Waals surface area contributed by atoms with Gasteiger partial charge in [0.25, 0.3) is 0 Å². The molecule has 7 nitrogen and oxygen atoms in total. The van der Waals surface area contributed by atoms with Gasteiger partial charge >= 0.3 is 0 Å². The third-order valence-corrected chi connectivity index (χ3v) is 4.60. The maximum Gasteiger partial charge on any atom is 0.242 e. The summed E-state index contributed by atoms with van der Waals surface area (Å²) in [5.74, 6) is 0.782. The van der Waals surface area contributed by atoms with Crippen LogP contribution in [0.5, 0.6) is 0 Å². The number of nitrogens with one attached hydrogen (secondary N) is 2. The van der Waals surface area contributed by atoms with Gasteiger partial charge in [0, 0.05) is 58.7 Å². The molecule has 8 heteroatoms. The first-order valence-corrected chi connectivity index (χ1v) is 9.84. The van der Waals surface area contributed by atoms with E-state index in [0.29, 0.717) is 5.96 Å². The first kappa shape index (κ1) is 24.5. The summed E-state index contributed by atoms with van der Waals surface area (Å²) in [7, 11) is 1.72. The number of carbonyl (C=O) groups is 1. The van der Waals surface area contributed by atoms with Crippen LogP contribution in [0.4, 0.5) is 5.69 Å². The molecule has 2 rings (SSSR count). The number of rotatable bonds is 9. The van der Waals surface area contributed by atoms with Crippen molar-refractivity contribution in [3.8, 4) is 0 Å². The van der Waals surface area contributed by atoms with Crippen LogP contribution in [0, 0.1) is 0 Å². The van der Waals surface area contributed by atoms with Crippen molar-refractivity contribution < 1.29 is 9.53 Å². The van der Waals surface area contributed by atoms with Gasteiger partial charge in [-0.1, -0.05) is 18.2 Å². The number of amides is 1. The van der Waals surface area contributed by atoms with Crippen molar-refractivity contribution in [3.63, 3.8) is 0 Å². The van der Waals surface area contributed by atoms with E-state index in [-0.39, 0.29) is 36.4 Å². The summed E-state index contributed by atoms with van der Waals surface area (Å²) in [6.07, 6.45) is 2.03. The summed E-state index contributed by atoms with van der Waals surface area (Å²) in [6.45, 7) is 7.86. The first-order valence-electron chi connectivity index (χ1n) is 9.84. The summed E-state index contributed by atoms with van der Waals surface area (Å²) >= 11 is 0. The number of benzene rings is 1. The third-order valence-electron chi connectivity index (χ3n) is 4.60. The average molecular weight is 503 g/mol. The number of halogens is 1. The maximum atomic E-state index is 12.5. The fraction of sp³-hybridized carbons (Fsp3) is 0.600. The lowest BCUT2D eigenvalue weighted by molar-refractivity contribution is -0.130. The molecule has 1 aliphatic heterocycles. The zero-order valence-electron chi connectivity index (χ0n) is 17.0. The summed E-state index contributed by atoms with van der Waals surface area (Å²) in [6, 6.07) is 10.3. The Labute approximate surface area is 185 Å². The smallest absolute Gasteiger partial charge is 0.242 e. The van der Waals surface area contributed by atoms with Crippen molar-refractivity contribution in [3.05, 3.63) is 30.3 Å². The third kappa shape index (κ3) is 8.64. The zero-order valence-corrected chi connectivity index (χ0v) is 19.4. The number of para-hydroxylation sites is 1. The molecule has 1 aromatic rings. The Morgan fingerprint density at radius 3 is 2.46 bits per heavy atom. The maximum absolute atomic E-state index is 12.5. The van der Waals surface area contributed by atoms with Gasteiger partial charge in [-0.2, -0.15) is 0 Å². The van der Waals surface area contributed by atoms with Crippen LogP contribution in [0.15, 0.2) is 35.3 Å². The number of piperazine rings is 1. The average Bonchev–Trinajstić information content (AvgIpc) is 2.73. The molecule has 1 saturated heterocycles. The van der Waals surface area contributed by atoms with Gasteiger partial charge in [0.05, 0.1) is 6.54 Å². The second-order valence-corrected chi connectivity index (χ2v) is 6.46. The van der Waals surface area contributed by atoms with Crippen LogP contribution in [0.25, 0.3) is 0 Å². The van der Waals surface area contributed by atoms with Crippen molar-refractivity contribution in [2.75, 3.05) is 64.4 Å². The molecule has 1 aliphatic rings. The van der Waals surface area contributed by atoms with E-state index < -0.39 is 0 Å². The van der Waals surface area contributed by atoms with Crippen molar-refractivity contribution in [1.82, 2.24) is 15.5 Å². The van der Waals surface area contributed by atoms with E-state index in [4.69, 9.17) is 4.74 Å². The lowest BCUT2D eigenvalue weighted by Crippen LogP contribution is -2.52. The predicted octanol–water partition coefficient (Wildman–Crippen LogP) is 1.93. The number of unbranched alkanes of at least 4 members (excludes halogenated alkanes) is 1. The molecule has 1 heterocycles. The molecule has 0 aromatic heterocycles. The lowest BCUT2D eigenvalue weighted by atomic mass is 10.2. The molecule has 158 valence electrons. The number of hydrogen-bond acceptors (Lipinski definition) is 4. The van der Waals surface area contributed by atoms with Gasteiger partial charge in [-0.15, -0.1) is 24.0 Å². The normalized spacial score (nSPS) is 14.4. The van der Waals surface area contributed by atoms with E-state index in [1.54, 1.807) is 7.05 Å². The Bertz CT molecular complexity index is 577. The standard InChI is InChI=1S/C20H33N5O2.HI/c1-3-27-16-8-7-11-22-20(21-2)23-17-19(26)25-14-12-24(13-15-25)18-9-5-4-6-10-18;/h4-6,9-10H,3,7-8,11-17H2,1-2H3,(H2,21,22,23);1H. The predicted molar refractivity (Wildman–Crippen MR) is 126 cm³/mol. The number of nitrogens with zero attached hydrogens (tertiary/aromatic N) is 3. The molecular weight excluding hydrogens is 469 g/mol. The number of aliphatic imine (C=N–C) groups is 1. The fourth-order valence-corrected chi connectivity index (χ4v) is 3.02. The molecule has 0 saturated carbocycles. The molecule has 28 heavy (non-hydrogen) atoms. The molecule has 0 atom stereocenters. The van der Waals surface area contributed by atoms with Crippen molar-refractivity contribution in [1.29, 1.82) is 0 Å². The number of guanidine groups is 1. The fourth-order valence-electron chi connectivity index (χ4n) is 3.02. The largest absolute Gasteiger partial charge is 0.382 e. The minimum atomic E-state index is 0. The number of ether oxygens (including phenoxy) is 1. The van der Waals surface area contributed by atoms with Crippen LogP contribution in [-0.4, -0.2) is 76.3 Å². The highest BCUT2D eigenvalue weighted by atomic mass is 127. The molecule has 1 aromatic carbocycles. The van der Waals surface area contributed by atoms with Crippen LogP contribution in [0.3, 0.4) is 0 Å². The van der Waals surface area contributed by atoms with Crippen LogP contribution in [-0.2, 0) is 9.53 Å². The molecule has 2 N–H and O–H groups in total. The summed E-state index contributed by atoms with van der Waals surface area (Å²) < 4.78 is 5.32. The van der Waals surface area contributed by atoms with E-state index in [1.807, 2.05) is 30.0 Å². The number of anilines is 1. The molecular formula is C20H34IN5O2. The van der Waals surface area contributed by atoms with Crippen LogP contribution < -0.4 is 15.5 Å². The summed E-state index contributed by atoms with van der Waals surface area (Å²) in [4.78, 5) is 20.9. The monoisotopic (exact) mass is 503 g/mol. The lowest BCUT2D eigenvalue weighted by Gasteiger charge is -2.36. The highest BCUT2D eigenvalue weighted by molar-refractivity contribution is 14.0. The Morgan fingerprint density at radius 1 is 1.11 bits per heavy atom. The van der Waals surface area contributed by atoms with Crippen molar-refractivity contribution in [2.24, 2.45) is 4.99 Å². The molecule has 0 unspecified atom stereocenters. The topological polar surface area (TPSA) is 69.2 Å². The highest BCUT2D eigenvalue weighted by Crippen LogP contribution is 2.15. The summed E-state index contributed by atoms with van der Waals surface area (Å²) in [5, 5.41) is 6.35. The van der Waals surface area contributed by atoms with Gasteiger partial charge < -0.3 is 25.2 Å². The quantitative estimate of drug-likeness (QED) is 0.233. The SMILES string of the molecule is CCOCCCCNC(=NC)NCC(=O)N1CCN(c2ccccc2)CC1.I. The van der Waals surface area contributed by atoms with Gasteiger partial charge in [-0.3, -0.25) is 9.79 Å². The molecule has 0 bridgehead atoms. The van der Waals surface area contributed by atoms with E-state index in [2.05, 4.69) is 32.7 Å². The van der Waals surface area contributed by atoms with Crippen LogP contribution >= 0.6 is 24.0 Å². The number of carbonyl (C=O) groups excluding carboxylic acids is 1. The van der Waals surface area contributed by atoms with Gasteiger partial charge in [-0.25, -0.2) is 0 Å². The summed E-state index contributed by atoms with van der Waals surface area (Å²) in [5.41, 5.74) is 1.22. The van der Waals surface area contributed by atoms with Crippen molar-refractivity contribution >= 4 is 41.5 Å². The van der Waals surface area contributed by atoms with Gasteiger partial charge in [-0.05, 0) is 31.9 Å². The second-order valence-electron chi connectivity index (χ2n) is 6.46. The zero-order chi connectivity index (χ0) is 19.3. The first-order chi connectivity index (χ1) is 13.2. The van der Waals surface area contributed by atoms with Gasteiger partial charge in [0.2, 0.25) is 5.91 Å². The van der Waals surface area contributed by atoms with Crippen LogP contribution in [0.1, 0.15) is 19.8 Å². The number of hydrogen-bond donors (Lipinski definition) is 2. The van der Waals surface area contributed by atoms with E-state index in [9.17, 15) is 4.79 Å². The van der Waals surface area contributed by atoms with Gasteiger partial charge in [0.15, 0.2) is 5.96 Å². The molecule has 0 aliphatic carbocycles. The van der Waals surface area contributed by atoms with E-state index >= 15 is 0 Å². The second kappa shape index (κ2) is 14.4. The van der Waals surface area contributed by atoms with E-state index in [0.717, 1.165) is 58.8 Å². The van der Waals surface area contributed by atoms with Crippen LogP contribution in [0.2, 0.25) is 0 Å². The minimum absolute atomic E-state index is 0. The Morgan fingerprint density at radius 2 is 1.82 bits per heavy atom. The molecule has 1 fully saturated rings. The highest BCUT2D eigenvalue weighted by Gasteiger charge is 2.21. The molecule has 0 radical (unpaired) electrons. The molecule has 0 spiro atoms. The van der Waals surface area contributed by atoms with E-state index in [1.165, 1.54) is 5.69 Å². The van der Waals surface area contributed by atoms with Gasteiger partial charge in [0.1, 0.15) is 0 Å². The Kier molecular flexibility index (Phi) is 12.6. The Balaban J connectivity index is 0.00000392. The van der Waals surface area contributed by atoms with Crippen molar-refractivity contribution in [2.45, 2.75) is 19.8 Å². The molecule has 1 amide bonds. The minimum Gasteiger partial charge on any atom is -0.382 e. The Hall–Kier alpha value is -1.55.